The first-order valence-corrected chi connectivity index (χ1v) is 7.84. The van der Waals surface area contributed by atoms with E-state index in [2.05, 4.69) is 28.6 Å². The fourth-order valence-electron chi connectivity index (χ4n) is 4.03. The summed E-state index contributed by atoms with van der Waals surface area (Å²) in [6, 6.07) is 3.75. The van der Waals surface area contributed by atoms with Crippen LogP contribution in [0.1, 0.15) is 43.5 Å². The molecule has 114 valence electrons. The van der Waals surface area contributed by atoms with Crippen LogP contribution in [0.5, 0.6) is 0 Å². The van der Waals surface area contributed by atoms with Crippen molar-refractivity contribution in [3.05, 3.63) is 24.0 Å². The molecule has 2 fully saturated rings. The van der Waals surface area contributed by atoms with Gasteiger partial charge in [-0.1, -0.05) is 0 Å². The lowest BCUT2D eigenvalue weighted by Gasteiger charge is -2.32. The minimum Gasteiger partial charge on any atom is -0.369 e. The standard InChI is InChI=1S/C16H24N4O/c1-11(2)20-12-3-4-13(20)10-19(8-6-12)15-5-7-18-9-14(15)16(17)21/h5,7,9,11-13H,3-4,6,8,10H2,1-2H3,(H2,17,21). The topological polar surface area (TPSA) is 62.5 Å². The van der Waals surface area contributed by atoms with Gasteiger partial charge in [0.15, 0.2) is 0 Å². The molecular formula is C16H24N4O. The summed E-state index contributed by atoms with van der Waals surface area (Å²) < 4.78 is 0. The highest BCUT2D eigenvalue weighted by atomic mass is 16.1. The van der Waals surface area contributed by atoms with E-state index in [1.54, 1.807) is 12.4 Å². The maximum Gasteiger partial charge on any atom is 0.252 e. The Balaban J connectivity index is 1.87. The van der Waals surface area contributed by atoms with Crippen LogP contribution in [-0.4, -0.2) is 47.0 Å². The fraction of sp³-hybridized carbons (Fsp3) is 0.625. The molecule has 5 nitrogen and oxygen atoms in total. The summed E-state index contributed by atoms with van der Waals surface area (Å²) >= 11 is 0. The Morgan fingerprint density at radius 2 is 2.10 bits per heavy atom. The van der Waals surface area contributed by atoms with Crippen LogP contribution in [0.2, 0.25) is 0 Å². The Bertz CT molecular complexity index is 531. The van der Waals surface area contributed by atoms with Crippen molar-refractivity contribution in [2.24, 2.45) is 5.73 Å². The molecule has 2 aliphatic rings. The molecule has 2 aliphatic heterocycles. The van der Waals surface area contributed by atoms with Crippen LogP contribution in [0.15, 0.2) is 18.5 Å². The van der Waals surface area contributed by atoms with Crippen LogP contribution in [-0.2, 0) is 0 Å². The van der Waals surface area contributed by atoms with E-state index in [-0.39, 0.29) is 0 Å². The van der Waals surface area contributed by atoms with Gasteiger partial charge in [-0.2, -0.15) is 0 Å². The van der Waals surface area contributed by atoms with E-state index in [0.717, 1.165) is 25.2 Å². The maximum absolute atomic E-state index is 11.6. The number of primary amides is 1. The minimum absolute atomic E-state index is 0.395. The van der Waals surface area contributed by atoms with E-state index < -0.39 is 5.91 Å². The molecule has 1 aromatic heterocycles. The van der Waals surface area contributed by atoms with Gasteiger partial charge in [-0.25, -0.2) is 0 Å². The third-order valence-corrected chi connectivity index (χ3v) is 4.84. The van der Waals surface area contributed by atoms with Crippen LogP contribution in [0.25, 0.3) is 0 Å². The quantitative estimate of drug-likeness (QED) is 0.918. The molecule has 21 heavy (non-hydrogen) atoms. The number of pyridine rings is 1. The van der Waals surface area contributed by atoms with Crippen molar-refractivity contribution in [2.75, 3.05) is 18.0 Å². The highest BCUT2D eigenvalue weighted by Crippen LogP contribution is 2.34. The van der Waals surface area contributed by atoms with Gasteiger partial charge in [-0.15, -0.1) is 0 Å². The van der Waals surface area contributed by atoms with Crippen LogP contribution in [0.3, 0.4) is 0 Å². The number of amides is 1. The number of nitrogens with zero attached hydrogens (tertiary/aromatic N) is 3. The smallest absolute Gasteiger partial charge is 0.252 e. The summed E-state index contributed by atoms with van der Waals surface area (Å²) in [5, 5.41) is 0. The third-order valence-electron chi connectivity index (χ3n) is 4.84. The minimum atomic E-state index is -0.395. The van der Waals surface area contributed by atoms with Gasteiger partial charge in [0.05, 0.1) is 11.3 Å². The molecule has 2 atom stereocenters. The van der Waals surface area contributed by atoms with Crippen LogP contribution in [0.4, 0.5) is 5.69 Å². The molecular weight excluding hydrogens is 264 g/mol. The van der Waals surface area contributed by atoms with Crippen molar-refractivity contribution < 1.29 is 4.79 Å². The Labute approximate surface area is 126 Å². The lowest BCUT2D eigenvalue weighted by molar-refractivity contribution is 0.100. The van der Waals surface area contributed by atoms with E-state index in [1.165, 1.54) is 12.8 Å². The summed E-state index contributed by atoms with van der Waals surface area (Å²) in [4.78, 5) is 20.6. The second-order valence-corrected chi connectivity index (χ2v) is 6.42. The highest BCUT2D eigenvalue weighted by molar-refractivity contribution is 5.98. The van der Waals surface area contributed by atoms with Crippen molar-refractivity contribution in [1.29, 1.82) is 0 Å². The van der Waals surface area contributed by atoms with Gasteiger partial charge in [0.25, 0.3) is 5.91 Å². The summed E-state index contributed by atoms with van der Waals surface area (Å²) in [7, 11) is 0. The Hall–Kier alpha value is -1.62. The average Bonchev–Trinajstić information content (AvgIpc) is 2.74. The molecule has 1 amide bonds. The molecule has 0 aromatic carbocycles. The van der Waals surface area contributed by atoms with Crippen LogP contribution >= 0.6 is 0 Å². The summed E-state index contributed by atoms with van der Waals surface area (Å²) in [5.74, 6) is -0.395. The zero-order chi connectivity index (χ0) is 15.0. The molecule has 2 unspecified atom stereocenters. The number of nitrogens with two attached hydrogens (primary N) is 1. The molecule has 2 saturated heterocycles. The van der Waals surface area contributed by atoms with Crippen LogP contribution in [0, 0.1) is 0 Å². The van der Waals surface area contributed by atoms with E-state index in [1.807, 2.05) is 6.07 Å². The second kappa shape index (κ2) is 5.64. The van der Waals surface area contributed by atoms with Gasteiger partial charge >= 0.3 is 0 Å². The number of fused-ring (bicyclic) bond motifs is 2. The summed E-state index contributed by atoms with van der Waals surface area (Å²) in [5.41, 5.74) is 6.97. The normalized spacial score (nSPS) is 26.1. The largest absolute Gasteiger partial charge is 0.369 e. The molecule has 0 spiro atoms. The van der Waals surface area contributed by atoms with Gasteiger partial charge < -0.3 is 10.6 Å². The second-order valence-electron chi connectivity index (χ2n) is 6.42. The number of rotatable bonds is 3. The average molecular weight is 288 g/mol. The third kappa shape index (κ3) is 2.62. The molecule has 1 aromatic rings. The number of anilines is 1. The zero-order valence-electron chi connectivity index (χ0n) is 12.8. The van der Waals surface area contributed by atoms with Crippen molar-refractivity contribution in [1.82, 2.24) is 9.88 Å². The molecule has 3 heterocycles. The fourth-order valence-corrected chi connectivity index (χ4v) is 4.03. The predicted octanol–water partition coefficient (Wildman–Crippen LogP) is 1.63. The van der Waals surface area contributed by atoms with E-state index in [4.69, 9.17) is 5.73 Å². The van der Waals surface area contributed by atoms with Gasteiger partial charge in [-0.05, 0) is 39.2 Å². The molecule has 5 heteroatoms. The van der Waals surface area contributed by atoms with Crippen LogP contribution < -0.4 is 10.6 Å². The number of carbonyl (C=O) groups is 1. The first-order chi connectivity index (χ1) is 10.1. The SMILES string of the molecule is CC(C)N1C2CCC1CN(c1ccncc1C(N)=O)CC2. The predicted molar refractivity (Wildman–Crippen MR) is 83.4 cm³/mol. The molecule has 0 radical (unpaired) electrons. The summed E-state index contributed by atoms with van der Waals surface area (Å²) in [6.45, 7) is 6.51. The molecule has 3 rings (SSSR count). The van der Waals surface area contributed by atoms with E-state index in [9.17, 15) is 4.79 Å². The first kappa shape index (κ1) is 14.3. The van der Waals surface area contributed by atoms with E-state index >= 15 is 0 Å². The highest BCUT2D eigenvalue weighted by Gasteiger charge is 2.38. The maximum atomic E-state index is 11.6. The molecule has 2 N–H and O–H groups in total. The number of hydrogen-bond donors (Lipinski definition) is 1. The van der Waals surface area contributed by atoms with Crippen molar-refractivity contribution >= 4 is 11.6 Å². The monoisotopic (exact) mass is 288 g/mol. The Kier molecular flexibility index (Phi) is 3.85. The Morgan fingerprint density at radius 1 is 1.33 bits per heavy atom. The van der Waals surface area contributed by atoms with Gasteiger partial charge in [0.1, 0.15) is 0 Å². The van der Waals surface area contributed by atoms with Crippen molar-refractivity contribution in [2.45, 2.75) is 51.2 Å². The number of carbonyl (C=O) groups excluding carboxylic acids is 1. The molecule has 0 aliphatic carbocycles. The van der Waals surface area contributed by atoms with Gasteiger partial charge in [0.2, 0.25) is 0 Å². The zero-order valence-corrected chi connectivity index (χ0v) is 12.8. The van der Waals surface area contributed by atoms with Gasteiger partial charge in [-0.3, -0.25) is 14.7 Å². The lowest BCUT2D eigenvalue weighted by atomic mass is 10.1. The van der Waals surface area contributed by atoms with E-state index in [0.29, 0.717) is 23.7 Å². The first-order valence-electron chi connectivity index (χ1n) is 7.84. The molecule has 0 saturated carbocycles. The Morgan fingerprint density at radius 3 is 2.81 bits per heavy atom. The lowest BCUT2D eigenvalue weighted by Crippen LogP contribution is -2.43. The summed E-state index contributed by atoms with van der Waals surface area (Å²) in [6.07, 6.45) is 7.02. The van der Waals surface area contributed by atoms with Gasteiger partial charge in [0, 0.05) is 43.6 Å². The number of aromatic nitrogens is 1. The van der Waals surface area contributed by atoms with Crippen molar-refractivity contribution in [3.8, 4) is 0 Å². The van der Waals surface area contributed by atoms with Crippen molar-refractivity contribution in [3.63, 3.8) is 0 Å². The molecule has 2 bridgehead atoms. The number of hydrogen-bond acceptors (Lipinski definition) is 4.